The molecule has 3 saturated carbocycles. The molecule has 0 aliphatic heterocycles. The molecule has 3 fully saturated rings. The molecule has 3 rings (SSSR count). The van der Waals surface area contributed by atoms with E-state index in [-0.39, 0.29) is 0 Å². The molecular weight excluding hydrogens is 343 g/mol. The van der Waals surface area contributed by atoms with Gasteiger partial charge in [-0.15, -0.1) is 0 Å². The van der Waals surface area contributed by atoms with Crippen molar-refractivity contribution >= 4 is 0 Å². The van der Waals surface area contributed by atoms with E-state index in [2.05, 4.69) is 13.8 Å². The second-order valence-corrected chi connectivity index (χ2v) is 11.0. The molecular formula is C27H49F. The van der Waals surface area contributed by atoms with E-state index in [1.165, 1.54) is 109 Å². The van der Waals surface area contributed by atoms with Crippen molar-refractivity contribution in [2.75, 3.05) is 0 Å². The standard InChI is InChI=1S/C27H49F/c1-3-5-7-9-22-12-16-24(17-13-22)26-19-18-25(20-27(26)28)23-14-10-21(11-15-23)8-6-4-2/h21-27H,3-20H2,1-2H3. The van der Waals surface area contributed by atoms with E-state index < -0.39 is 6.17 Å². The minimum Gasteiger partial charge on any atom is -0.247 e. The van der Waals surface area contributed by atoms with Crippen LogP contribution >= 0.6 is 0 Å². The second-order valence-electron chi connectivity index (χ2n) is 11.0. The molecule has 3 unspecified atom stereocenters. The third-order valence-corrected chi connectivity index (χ3v) is 9.10. The van der Waals surface area contributed by atoms with Gasteiger partial charge in [-0.3, -0.25) is 0 Å². The molecule has 0 nitrogen and oxygen atoms in total. The van der Waals surface area contributed by atoms with Gasteiger partial charge < -0.3 is 0 Å². The Balaban J connectivity index is 1.36. The van der Waals surface area contributed by atoms with Gasteiger partial charge in [-0.2, -0.15) is 0 Å². The summed E-state index contributed by atoms with van der Waals surface area (Å²) >= 11 is 0. The predicted molar refractivity (Wildman–Crippen MR) is 120 cm³/mol. The Morgan fingerprint density at radius 2 is 1.11 bits per heavy atom. The smallest absolute Gasteiger partial charge is 0.103 e. The van der Waals surface area contributed by atoms with Crippen molar-refractivity contribution in [1.29, 1.82) is 0 Å². The van der Waals surface area contributed by atoms with E-state index in [1.54, 1.807) is 0 Å². The van der Waals surface area contributed by atoms with Gasteiger partial charge in [0.1, 0.15) is 6.17 Å². The molecule has 0 heterocycles. The first-order valence-corrected chi connectivity index (χ1v) is 13.3. The highest BCUT2D eigenvalue weighted by Crippen LogP contribution is 2.47. The van der Waals surface area contributed by atoms with Crippen molar-refractivity contribution < 1.29 is 4.39 Å². The van der Waals surface area contributed by atoms with Crippen LogP contribution in [-0.4, -0.2) is 6.17 Å². The molecule has 3 aliphatic carbocycles. The Morgan fingerprint density at radius 1 is 0.571 bits per heavy atom. The number of unbranched alkanes of at least 4 members (excludes halogenated alkanes) is 3. The van der Waals surface area contributed by atoms with Crippen LogP contribution in [-0.2, 0) is 0 Å². The van der Waals surface area contributed by atoms with Crippen molar-refractivity contribution in [1.82, 2.24) is 0 Å². The third-order valence-electron chi connectivity index (χ3n) is 9.10. The molecule has 0 aromatic carbocycles. The first-order chi connectivity index (χ1) is 13.7. The van der Waals surface area contributed by atoms with Gasteiger partial charge >= 0.3 is 0 Å². The highest BCUT2D eigenvalue weighted by Gasteiger charge is 2.39. The van der Waals surface area contributed by atoms with Crippen molar-refractivity contribution in [3.8, 4) is 0 Å². The SMILES string of the molecule is CCCCCC1CCC(C2CCC(C3CCC(CCCC)CC3)CC2F)CC1. The quantitative estimate of drug-likeness (QED) is 0.343. The highest BCUT2D eigenvalue weighted by molar-refractivity contribution is 4.90. The first kappa shape index (κ1) is 22.6. The molecule has 28 heavy (non-hydrogen) atoms. The van der Waals surface area contributed by atoms with Crippen molar-refractivity contribution in [3.63, 3.8) is 0 Å². The maximum Gasteiger partial charge on any atom is 0.103 e. The van der Waals surface area contributed by atoms with E-state index >= 15 is 4.39 Å². The van der Waals surface area contributed by atoms with Crippen LogP contribution in [0.5, 0.6) is 0 Å². The maximum absolute atomic E-state index is 15.2. The number of halogens is 1. The van der Waals surface area contributed by atoms with Crippen molar-refractivity contribution in [2.45, 2.75) is 136 Å². The molecule has 0 aromatic rings. The van der Waals surface area contributed by atoms with Gasteiger partial charge in [-0.25, -0.2) is 4.39 Å². The first-order valence-electron chi connectivity index (χ1n) is 13.3. The van der Waals surface area contributed by atoms with Crippen molar-refractivity contribution in [2.24, 2.45) is 35.5 Å². The summed E-state index contributed by atoms with van der Waals surface area (Å²) in [4.78, 5) is 0. The average Bonchev–Trinajstić information content (AvgIpc) is 2.73. The lowest BCUT2D eigenvalue weighted by atomic mass is 9.64. The molecule has 3 aliphatic rings. The molecule has 0 amide bonds. The summed E-state index contributed by atoms with van der Waals surface area (Å²) in [7, 11) is 0. The summed E-state index contributed by atoms with van der Waals surface area (Å²) in [6.45, 7) is 4.61. The normalized spacial score (nSPS) is 39.8. The topological polar surface area (TPSA) is 0 Å². The monoisotopic (exact) mass is 392 g/mol. The molecule has 1 heteroatoms. The van der Waals surface area contributed by atoms with Gasteiger partial charge in [0, 0.05) is 0 Å². The van der Waals surface area contributed by atoms with Crippen molar-refractivity contribution in [3.05, 3.63) is 0 Å². The van der Waals surface area contributed by atoms with Gasteiger partial charge in [0.2, 0.25) is 0 Å². The summed E-state index contributed by atoms with van der Waals surface area (Å²) in [6.07, 6.45) is 23.9. The van der Waals surface area contributed by atoms with Crippen LogP contribution in [0, 0.1) is 35.5 Å². The van der Waals surface area contributed by atoms with E-state index in [0.29, 0.717) is 17.8 Å². The Labute approximate surface area is 175 Å². The van der Waals surface area contributed by atoms with Gasteiger partial charge in [-0.05, 0) is 80.5 Å². The van der Waals surface area contributed by atoms with Gasteiger partial charge in [0.15, 0.2) is 0 Å². The summed E-state index contributed by atoms with van der Waals surface area (Å²) in [5.41, 5.74) is 0. The second kappa shape index (κ2) is 11.9. The molecule has 164 valence electrons. The largest absolute Gasteiger partial charge is 0.247 e. The predicted octanol–water partition coefficient (Wildman–Crippen LogP) is 9.12. The summed E-state index contributed by atoms with van der Waals surface area (Å²) in [5, 5.41) is 0. The molecule has 0 radical (unpaired) electrons. The molecule has 0 aromatic heterocycles. The maximum atomic E-state index is 15.2. The van der Waals surface area contributed by atoms with Crippen LogP contribution < -0.4 is 0 Å². The van der Waals surface area contributed by atoms with E-state index in [0.717, 1.165) is 24.2 Å². The number of hydrogen-bond acceptors (Lipinski definition) is 0. The van der Waals surface area contributed by atoms with E-state index in [9.17, 15) is 0 Å². The zero-order valence-electron chi connectivity index (χ0n) is 19.1. The average molecular weight is 393 g/mol. The minimum absolute atomic E-state index is 0.411. The Bertz CT molecular complexity index is 402. The van der Waals surface area contributed by atoms with Crippen LogP contribution in [0.1, 0.15) is 129 Å². The number of hydrogen-bond donors (Lipinski definition) is 0. The zero-order valence-corrected chi connectivity index (χ0v) is 19.1. The minimum atomic E-state index is -0.488. The lowest BCUT2D eigenvalue weighted by Gasteiger charge is -2.43. The fourth-order valence-electron chi connectivity index (χ4n) is 7.16. The summed E-state index contributed by atoms with van der Waals surface area (Å²) in [6, 6.07) is 0. The molecule has 0 saturated heterocycles. The molecule has 3 atom stereocenters. The number of alkyl halides is 1. The third kappa shape index (κ3) is 6.46. The fraction of sp³-hybridized carbons (Fsp3) is 1.00. The fourth-order valence-corrected chi connectivity index (χ4v) is 7.16. The summed E-state index contributed by atoms with van der Waals surface area (Å²) < 4.78 is 15.2. The number of rotatable bonds is 9. The summed E-state index contributed by atoms with van der Waals surface area (Å²) in [5.74, 6) is 4.63. The van der Waals surface area contributed by atoms with Gasteiger partial charge in [-0.1, -0.05) is 84.5 Å². The van der Waals surface area contributed by atoms with Gasteiger partial charge in [0.05, 0.1) is 0 Å². The lowest BCUT2D eigenvalue weighted by Crippen LogP contribution is -2.36. The van der Waals surface area contributed by atoms with Crippen LogP contribution in [0.4, 0.5) is 4.39 Å². The van der Waals surface area contributed by atoms with Crippen LogP contribution in [0.25, 0.3) is 0 Å². The van der Waals surface area contributed by atoms with Crippen LogP contribution in [0.2, 0.25) is 0 Å². The Hall–Kier alpha value is -0.0700. The van der Waals surface area contributed by atoms with Crippen LogP contribution in [0.15, 0.2) is 0 Å². The zero-order chi connectivity index (χ0) is 19.8. The Morgan fingerprint density at radius 3 is 1.68 bits per heavy atom. The lowest BCUT2D eigenvalue weighted by molar-refractivity contribution is 0.0324. The van der Waals surface area contributed by atoms with E-state index in [1.807, 2.05) is 0 Å². The molecule has 0 bridgehead atoms. The highest BCUT2D eigenvalue weighted by atomic mass is 19.1. The van der Waals surface area contributed by atoms with Gasteiger partial charge in [0.25, 0.3) is 0 Å². The van der Waals surface area contributed by atoms with E-state index in [4.69, 9.17) is 0 Å². The molecule has 0 spiro atoms. The molecule has 0 N–H and O–H groups in total. The van der Waals surface area contributed by atoms with Crippen LogP contribution in [0.3, 0.4) is 0 Å². The Kier molecular flexibility index (Phi) is 9.65.